The molecule has 6 unspecified atom stereocenters. The summed E-state index contributed by atoms with van der Waals surface area (Å²) in [5, 5.41) is 12.0. The van der Waals surface area contributed by atoms with Crippen molar-refractivity contribution in [1.29, 1.82) is 0 Å². The minimum absolute atomic E-state index is 0.0276. The first-order valence-corrected chi connectivity index (χ1v) is 21.0. The molecule has 1 N–H and O–H groups in total. The number of aliphatic hydroxyl groups excluding tert-OH is 1. The lowest BCUT2D eigenvalue weighted by molar-refractivity contribution is -0.371. The maximum atomic E-state index is 12.9. The highest BCUT2D eigenvalue weighted by molar-refractivity contribution is 5.66. The Bertz CT molecular complexity index is 2010. The van der Waals surface area contributed by atoms with E-state index < -0.39 is 67.4 Å². The standard InChI is InChI=1S/C50H56O12/c1-35(51)59-48-45(57-31-39-24-14-6-15-25-39)43(52)41(33-54-28-36-18-8-3-9-19-36)60-50(48)62-46-44(56-30-38-22-12-5-13-23-38)42(34-55-29-37-20-10-4-11-21-37)61-49(53-2)47(46)58-32-40-26-16-7-17-27-40/h3-27,41-50,52H,28-34H2,1-2H3/t41?,42?,43-,44-,45?,46?,47?,48?,49+,50-/m1/s1. The number of esters is 1. The van der Waals surface area contributed by atoms with Crippen molar-refractivity contribution in [3.8, 4) is 0 Å². The third-order valence-electron chi connectivity index (χ3n) is 10.7. The van der Waals surface area contributed by atoms with Gasteiger partial charge >= 0.3 is 5.97 Å². The van der Waals surface area contributed by atoms with E-state index in [1.165, 1.54) is 14.0 Å². The first-order valence-electron chi connectivity index (χ1n) is 21.0. The van der Waals surface area contributed by atoms with Gasteiger partial charge in [0, 0.05) is 14.0 Å². The van der Waals surface area contributed by atoms with Gasteiger partial charge in [0.2, 0.25) is 0 Å². The van der Waals surface area contributed by atoms with Gasteiger partial charge in [-0.15, -0.1) is 0 Å². The van der Waals surface area contributed by atoms with Crippen LogP contribution in [0.1, 0.15) is 34.7 Å². The predicted octanol–water partition coefficient (Wildman–Crippen LogP) is 6.95. The Kier molecular flexibility index (Phi) is 17.2. The summed E-state index contributed by atoms with van der Waals surface area (Å²) in [5.74, 6) is -0.617. The van der Waals surface area contributed by atoms with Crippen LogP contribution in [0.4, 0.5) is 0 Å². The van der Waals surface area contributed by atoms with Gasteiger partial charge in [0.05, 0.1) is 46.2 Å². The molecule has 0 spiro atoms. The highest BCUT2D eigenvalue weighted by Crippen LogP contribution is 2.35. The molecule has 5 aromatic carbocycles. The fourth-order valence-electron chi connectivity index (χ4n) is 7.57. The summed E-state index contributed by atoms with van der Waals surface area (Å²) in [6.45, 7) is 2.46. The van der Waals surface area contributed by atoms with E-state index in [9.17, 15) is 9.90 Å². The van der Waals surface area contributed by atoms with Crippen LogP contribution in [0.15, 0.2) is 152 Å². The van der Waals surface area contributed by atoms with Crippen molar-refractivity contribution in [1.82, 2.24) is 0 Å². The zero-order valence-corrected chi connectivity index (χ0v) is 35.1. The van der Waals surface area contributed by atoms with Crippen molar-refractivity contribution in [2.24, 2.45) is 0 Å². The minimum Gasteiger partial charge on any atom is -0.454 e. The zero-order valence-electron chi connectivity index (χ0n) is 35.1. The molecule has 10 atom stereocenters. The van der Waals surface area contributed by atoms with E-state index in [0.29, 0.717) is 6.61 Å². The molecule has 0 saturated carbocycles. The van der Waals surface area contributed by atoms with Crippen molar-refractivity contribution in [3.63, 3.8) is 0 Å². The van der Waals surface area contributed by atoms with Gasteiger partial charge in [-0.05, 0) is 27.8 Å². The maximum absolute atomic E-state index is 12.9. The van der Waals surface area contributed by atoms with Gasteiger partial charge in [-0.1, -0.05) is 152 Å². The topological polar surface area (TPSA) is 130 Å². The lowest BCUT2D eigenvalue weighted by Gasteiger charge is -2.49. The molecule has 62 heavy (non-hydrogen) atoms. The van der Waals surface area contributed by atoms with Crippen LogP contribution < -0.4 is 0 Å². The molecule has 5 aromatic rings. The summed E-state index contributed by atoms with van der Waals surface area (Å²) in [6, 6.07) is 48.6. The number of rotatable bonds is 21. The number of aliphatic hydroxyl groups is 1. The smallest absolute Gasteiger partial charge is 0.303 e. The Morgan fingerprint density at radius 3 is 1.31 bits per heavy atom. The number of hydrogen-bond acceptors (Lipinski definition) is 12. The molecule has 0 aliphatic carbocycles. The molecule has 12 nitrogen and oxygen atoms in total. The first kappa shape index (κ1) is 45.2. The molecule has 7 rings (SSSR count). The Hall–Kier alpha value is -4.83. The number of carbonyl (C=O) groups is 1. The highest BCUT2D eigenvalue weighted by Gasteiger charge is 2.54. The molecule has 2 aliphatic heterocycles. The van der Waals surface area contributed by atoms with E-state index >= 15 is 0 Å². The van der Waals surface area contributed by atoms with E-state index in [1.807, 2.05) is 152 Å². The number of ether oxygens (including phenoxy) is 10. The average molecular weight is 849 g/mol. The van der Waals surface area contributed by atoms with Gasteiger partial charge in [0.15, 0.2) is 18.7 Å². The molecule has 2 saturated heterocycles. The number of carbonyl (C=O) groups excluding carboxylic acids is 1. The quantitative estimate of drug-likeness (QED) is 0.0768. The molecule has 0 aromatic heterocycles. The van der Waals surface area contributed by atoms with Crippen LogP contribution >= 0.6 is 0 Å². The fraction of sp³-hybridized carbons (Fsp3) is 0.380. The molecule has 0 radical (unpaired) electrons. The maximum Gasteiger partial charge on any atom is 0.303 e. The third kappa shape index (κ3) is 12.9. The number of methoxy groups -OCH3 is 1. The Morgan fingerprint density at radius 2 is 0.871 bits per heavy atom. The summed E-state index contributed by atoms with van der Waals surface area (Å²) in [6.07, 6.45) is -10.3. The minimum atomic E-state index is -1.31. The zero-order chi connectivity index (χ0) is 42.9. The molecule has 2 fully saturated rings. The summed E-state index contributed by atoms with van der Waals surface area (Å²) in [4.78, 5) is 12.9. The molecule has 0 bridgehead atoms. The lowest BCUT2D eigenvalue weighted by Crippen LogP contribution is -2.66. The van der Waals surface area contributed by atoms with Crippen LogP contribution in [-0.2, 0) is 85.2 Å². The van der Waals surface area contributed by atoms with Crippen LogP contribution in [0.2, 0.25) is 0 Å². The molecule has 328 valence electrons. The van der Waals surface area contributed by atoms with Crippen LogP contribution in [0.5, 0.6) is 0 Å². The molecule has 12 heteroatoms. The van der Waals surface area contributed by atoms with E-state index in [1.54, 1.807) is 0 Å². The lowest BCUT2D eigenvalue weighted by atomic mass is 9.96. The van der Waals surface area contributed by atoms with E-state index in [0.717, 1.165) is 27.8 Å². The second-order valence-corrected chi connectivity index (χ2v) is 15.3. The SMILES string of the molecule is CO[C@H]1OC(COCc2ccccc2)[C@@H](OCc2ccccc2)C(O[C@H]2OC(COCc3ccccc3)[C@@H](O)C(OCc3ccccc3)C2OC(C)=O)C1OCc1ccccc1. The molecule has 0 amide bonds. The third-order valence-corrected chi connectivity index (χ3v) is 10.7. The first-order chi connectivity index (χ1) is 30.4. The van der Waals surface area contributed by atoms with Crippen molar-refractivity contribution < 1.29 is 57.3 Å². The Balaban J connectivity index is 1.23. The van der Waals surface area contributed by atoms with Crippen molar-refractivity contribution in [2.75, 3.05) is 20.3 Å². The average Bonchev–Trinajstić information content (AvgIpc) is 3.31. The summed E-state index contributed by atoms with van der Waals surface area (Å²) in [7, 11) is 1.54. The van der Waals surface area contributed by atoms with Gasteiger partial charge < -0.3 is 52.5 Å². The van der Waals surface area contributed by atoms with Crippen LogP contribution in [0, 0.1) is 0 Å². The van der Waals surface area contributed by atoms with Crippen LogP contribution in [0.25, 0.3) is 0 Å². The number of benzene rings is 5. The van der Waals surface area contributed by atoms with E-state index in [-0.39, 0.29) is 39.6 Å². The van der Waals surface area contributed by atoms with E-state index in [4.69, 9.17) is 47.4 Å². The second kappa shape index (κ2) is 23.6. The van der Waals surface area contributed by atoms with E-state index in [2.05, 4.69) is 0 Å². The fourth-order valence-corrected chi connectivity index (χ4v) is 7.57. The van der Waals surface area contributed by atoms with Gasteiger partial charge in [-0.2, -0.15) is 0 Å². The summed E-state index contributed by atoms with van der Waals surface area (Å²) in [5.41, 5.74) is 4.63. The highest BCUT2D eigenvalue weighted by atomic mass is 16.8. The second-order valence-electron chi connectivity index (χ2n) is 15.3. The predicted molar refractivity (Wildman–Crippen MR) is 228 cm³/mol. The normalized spacial score (nSPS) is 26.2. The van der Waals surface area contributed by atoms with Gasteiger partial charge in [-0.25, -0.2) is 0 Å². The summed E-state index contributed by atoms with van der Waals surface area (Å²) >= 11 is 0. The monoisotopic (exact) mass is 848 g/mol. The molecular formula is C50H56O12. The van der Waals surface area contributed by atoms with Gasteiger partial charge in [-0.3, -0.25) is 4.79 Å². The molecule has 2 aliphatic rings. The van der Waals surface area contributed by atoms with Crippen LogP contribution in [-0.4, -0.2) is 92.8 Å². The van der Waals surface area contributed by atoms with Gasteiger partial charge in [0.1, 0.15) is 42.7 Å². The Morgan fingerprint density at radius 1 is 0.484 bits per heavy atom. The molecular weight excluding hydrogens is 793 g/mol. The largest absolute Gasteiger partial charge is 0.454 e. The van der Waals surface area contributed by atoms with Crippen LogP contribution in [0.3, 0.4) is 0 Å². The van der Waals surface area contributed by atoms with Crippen molar-refractivity contribution >= 4 is 5.97 Å². The number of hydrogen-bond donors (Lipinski definition) is 1. The Labute approximate surface area is 363 Å². The summed E-state index contributed by atoms with van der Waals surface area (Å²) < 4.78 is 64.7. The molecule has 2 heterocycles. The van der Waals surface area contributed by atoms with Crippen molar-refractivity contribution in [2.45, 2.75) is 101 Å². The van der Waals surface area contributed by atoms with Gasteiger partial charge in [0.25, 0.3) is 0 Å². The van der Waals surface area contributed by atoms with Crippen molar-refractivity contribution in [3.05, 3.63) is 179 Å².